The molecular formula is C19H32GeO2. The molecule has 1 rings (SSSR count). The molecule has 0 aromatic heterocycles. The number of benzene rings is 1. The Morgan fingerprint density at radius 1 is 1.00 bits per heavy atom. The zero-order valence-electron chi connectivity index (χ0n) is 14.7. The minimum absolute atomic E-state index is 0.407. The zero-order chi connectivity index (χ0) is 16.3. The van der Waals surface area contributed by atoms with Gasteiger partial charge in [-0.3, -0.25) is 0 Å². The van der Waals surface area contributed by atoms with Gasteiger partial charge in [-0.15, -0.1) is 0 Å². The monoisotopic (exact) mass is 366 g/mol. The summed E-state index contributed by atoms with van der Waals surface area (Å²) in [4.78, 5) is 0. The molecule has 0 radical (unpaired) electrons. The number of allylic oxidation sites excluding steroid dienone is 1. The van der Waals surface area contributed by atoms with Gasteiger partial charge in [0, 0.05) is 0 Å². The molecule has 0 aliphatic carbocycles. The van der Waals surface area contributed by atoms with Gasteiger partial charge in [-0.1, -0.05) is 0 Å². The van der Waals surface area contributed by atoms with E-state index in [0.717, 1.165) is 0 Å². The zero-order valence-corrected chi connectivity index (χ0v) is 16.8. The molecule has 1 aromatic rings. The van der Waals surface area contributed by atoms with Crippen LogP contribution >= 0.6 is 0 Å². The second-order valence-electron chi connectivity index (χ2n) is 5.93. The molecule has 0 heterocycles. The van der Waals surface area contributed by atoms with Gasteiger partial charge in [-0.25, -0.2) is 0 Å². The van der Waals surface area contributed by atoms with Gasteiger partial charge in [0.1, 0.15) is 0 Å². The van der Waals surface area contributed by atoms with E-state index >= 15 is 0 Å². The van der Waals surface area contributed by atoms with Crippen LogP contribution in [0, 0.1) is 0 Å². The van der Waals surface area contributed by atoms with E-state index in [1.54, 1.807) is 7.11 Å². The topological polar surface area (TPSA) is 18.5 Å². The van der Waals surface area contributed by atoms with Gasteiger partial charge < -0.3 is 0 Å². The summed E-state index contributed by atoms with van der Waals surface area (Å²) in [5, 5.41) is 2.53. The first kappa shape index (κ1) is 19.3. The van der Waals surface area contributed by atoms with Gasteiger partial charge in [0.25, 0.3) is 0 Å². The van der Waals surface area contributed by atoms with Crippen LogP contribution in [0.4, 0.5) is 0 Å². The van der Waals surface area contributed by atoms with Crippen LogP contribution in [0.15, 0.2) is 42.7 Å². The average molecular weight is 365 g/mol. The van der Waals surface area contributed by atoms with Crippen molar-refractivity contribution in [2.75, 3.05) is 14.2 Å². The first-order valence-electron chi connectivity index (χ1n) is 8.53. The number of ether oxygens (including phenoxy) is 1. The first-order chi connectivity index (χ1) is 10.7. The molecule has 0 fully saturated rings. The molecular weight excluding hydrogens is 333 g/mol. The van der Waals surface area contributed by atoms with E-state index in [4.69, 9.17) is 8.50 Å². The second-order valence-corrected chi connectivity index (χ2v) is 14.7. The molecule has 3 heteroatoms. The SMILES string of the molecule is CCC[CH2][Ge]([CH2]CCC)([O]C)[CH](/C=C\OC)c1ccccc1. The van der Waals surface area contributed by atoms with Crippen molar-refractivity contribution >= 4 is 13.6 Å². The van der Waals surface area contributed by atoms with Crippen LogP contribution in [0.2, 0.25) is 10.5 Å². The molecule has 0 N–H and O–H groups in total. The maximum absolute atomic E-state index is 6.34. The summed E-state index contributed by atoms with van der Waals surface area (Å²) >= 11 is -2.49. The van der Waals surface area contributed by atoms with Gasteiger partial charge >= 0.3 is 139 Å². The fourth-order valence-electron chi connectivity index (χ4n) is 3.13. The molecule has 1 atom stereocenters. The van der Waals surface area contributed by atoms with Crippen LogP contribution in [-0.2, 0) is 8.50 Å². The normalized spacial score (nSPS) is 13.5. The van der Waals surface area contributed by atoms with Crippen LogP contribution < -0.4 is 0 Å². The Kier molecular flexibility index (Phi) is 9.57. The summed E-state index contributed by atoms with van der Waals surface area (Å²) in [6.07, 6.45) is 9.08. The van der Waals surface area contributed by atoms with Crippen molar-refractivity contribution in [3.05, 3.63) is 48.2 Å². The van der Waals surface area contributed by atoms with Crippen molar-refractivity contribution in [1.82, 2.24) is 0 Å². The molecule has 0 bridgehead atoms. The molecule has 2 nitrogen and oxygen atoms in total. The Labute approximate surface area is 139 Å². The van der Waals surface area contributed by atoms with E-state index in [-0.39, 0.29) is 0 Å². The number of hydrogen-bond acceptors (Lipinski definition) is 2. The van der Waals surface area contributed by atoms with E-state index in [2.05, 4.69) is 50.3 Å². The number of methoxy groups -OCH3 is 1. The van der Waals surface area contributed by atoms with Gasteiger partial charge in [0.2, 0.25) is 0 Å². The second kappa shape index (κ2) is 10.9. The number of rotatable bonds is 11. The Morgan fingerprint density at radius 2 is 1.59 bits per heavy atom. The van der Waals surface area contributed by atoms with E-state index < -0.39 is 13.6 Å². The molecule has 22 heavy (non-hydrogen) atoms. The van der Waals surface area contributed by atoms with Crippen molar-refractivity contribution in [3.63, 3.8) is 0 Å². The molecule has 0 spiro atoms. The molecule has 1 unspecified atom stereocenters. The third-order valence-corrected chi connectivity index (χ3v) is 14.7. The van der Waals surface area contributed by atoms with Crippen molar-refractivity contribution in [2.45, 2.75) is 54.8 Å². The van der Waals surface area contributed by atoms with Gasteiger partial charge in [-0.2, -0.15) is 0 Å². The van der Waals surface area contributed by atoms with Gasteiger partial charge in [0.15, 0.2) is 0 Å². The summed E-state index contributed by atoms with van der Waals surface area (Å²) in [6.45, 7) is 4.54. The van der Waals surface area contributed by atoms with Crippen LogP contribution in [0.5, 0.6) is 0 Å². The van der Waals surface area contributed by atoms with Crippen molar-refractivity contribution < 1.29 is 8.50 Å². The van der Waals surface area contributed by atoms with E-state index in [1.807, 2.05) is 13.4 Å². The Hall–Kier alpha value is -0.737. The summed E-state index contributed by atoms with van der Waals surface area (Å²) in [5.41, 5.74) is 1.38. The molecule has 1 aromatic carbocycles. The Morgan fingerprint density at radius 3 is 2.05 bits per heavy atom. The number of unbranched alkanes of at least 4 members (excludes halogenated alkanes) is 2. The number of hydrogen-bond donors (Lipinski definition) is 0. The van der Waals surface area contributed by atoms with Crippen LogP contribution in [-0.4, -0.2) is 27.8 Å². The van der Waals surface area contributed by atoms with Crippen LogP contribution in [0.3, 0.4) is 0 Å². The predicted molar refractivity (Wildman–Crippen MR) is 97.5 cm³/mol. The Balaban J connectivity index is 3.18. The molecule has 124 valence electrons. The summed E-state index contributed by atoms with van der Waals surface area (Å²) in [5.74, 6) is 0. The van der Waals surface area contributed by atoms with Crippen LogP contribution in [0.1, 0.15) is 49.8 Å². The molecule has 0 aliphatic heterocycles. The fraction of sp³-hybridized carbons (Fsp3) is 0.579. The average Bonchev–Trinajstić information content (AvgIpc) is 2.58. The third kappa shape index (κ3) is 5.47. The Bertz CT molecular complexity index is 409. The van der Waals surface area contributed by atoms with Crippen LogP contribution in [0.25, 0.3) is 0 Å². The molecule has 0 saturated carbocycles. The van der Waals surface area contributed by atoms with Crippen molar-refractivity contribution in [3.8, 4) is 0 Å². The predicted octanol–water partition coefficient (Wildman–Crippen LogP) is 5.66. The molecule has 0 amide bonds. The van der Waals surface area contributed by atoms with E-state index in [9.17, 15) is 0 Å². The molecule has 0 aliphatic rings. The van der Waals surface area contributed by atoms with Crippen molar-refractivity contribution in [1.29, 1.82) is 0 Å². The molecule has 0 saturated heterocycles. The van der Waals surface area contributed by atoms with Gasteiger partial charge in [0.05, 0.1) is 0 Å². The maximum atomic E-state index is 6.34. The quantitative estimate of drug-likeness (QED) is 0.372. The van der Waals surface area contributed by atoms with E-state index in [1.165, 1.54) is 41.8 Å². The van der Waals surface area contributed by atoms with Crippen molar-refractivity contribution in [2.24, 2.45) is 0 Å². The van der Waals surface area contributed by atoms with E-state index in [0.29, 0.717) is 4.75 Å². The van der Waals surface area contributed by atoms with Gasteiger partial charge in [-0.05, 0) is 0 Å². The minimum atomic E-state index is -2.49. The third-order valence-electron chi connectivity index (χ3n) is 4.45. The summed E-state index contributed by atoms with van der Waals surface area (Å²) in [7, 11) is 3.67. The standard InChI is InChI=1S/C19H32GeO2/c1-5-7-15-20(22-4,16-8-6-2)19(14-17-21-3)18-12-10-9-11-13-18/h9-14,17,19H,5-8,15-16H2,1-4H3/b17-14-. The first-order valence-corrected chi connectivity index (χ1v) is 13.6. The fourth-order valence-corrected chi connectivity index (χ4v) is 12.9. The summed E-state index contributed by atoms with van der Waals surface area (Å²) < 4.78 is 12.0. The summed E-state index contributed by atoms with van der Waals surface area (Å²) in [6, 6.07) is 10.8.